The normalized spacial score (nSPS) is 14.0. The van der Waals surface area contributed by atoms with Crippen molar-refractivity contribution in [3.63, 3.8) is 0 Å². The second kappa shape index (κ2) is 14.1. The number of benzene rings is 1. The third-order valence-electron chi connectivity index (χ3n) is 7.42. The van der Waals surface area contributed by atoms with Crippen molar-refractivity contribution in [2.24, 2.45) is 5.92 Å². The van der Waals surface area contributed by atoms with Crippen LogP contribution in [-0.2, 0) is 28.7 Å². The molecule has 0 saturated heterocycles. The van der Waals surface area contributed by atoms with Crippen LogP contribution in [0.5, 0.6) is 0 Å². The minimum atomic E-state index is -1.53. The van der Waals surface area contributed by atoms with Crippen LogP contribution in [0.25, 0.3) is 0 Å². The molecule has 0 heterocycles. The average Bonchev–Trinajstić information content (AvgIpc) is 2.86. The fraction of sp³-hybridized carbons (Fsp3) is 0.636. The predicted octanol–water partition coefficient (Wildman–Crippen LogP) is 3.51. The van der Waals surface area contributed by atoms with Crippen molar-refractivity contribution in [2.75, 3.05) is 0 Å². The SMILES string of the molecule is CC(C)[C@](C)(NC(=O)c1ccc(Br)cc1)C(=O)NC(C)(C)C(=O)NC(C)(C)C(=O)NC(C)(C)C(=O)NC(C)(C)C(=O)OC(C)(C)C. The minimum absolute atomic E-state index is 0.359. The number of nitrogens with one attached hydrogen (secondary N) is 5. The van der Waals surface area contributed by atoms with E-state index >= 15 is 0 Å². The summed E-state index contributed by atoms with van der Waals surface area (Å²) < 4.78 is 6.19. The van der Waals surface area contributed by atoms with Gasteiger partial charge in [0.1, 0.15) is 33.3 Å². The quantitative estimate of drug-likeness (QED) is 0.207. The number of halogens is 1. The Morgan fingerprint density at radius 2 is 0.913 bits per heavy atom. The lowest BCUT2D eigenvalue weighted by atomic mass is 9.85. The van der Waals surface area contributed by atoms with Gasteiger partial charge in [-0.2, -0.15) is 0 Å². The van der Waals surface area contributed by atoms with Crippen molar-refractivity contribution in [1.82, 2.24) is 26.6 Å². The predicted molar refractivity (Wildman–Crippen MR) is 180 cm³/mol. The van der Waals surface area contributed by atoms with E-state index < -0.39 is 68.8 Å². The molecule has 0 aliphatic heterocycles. The number of hydrogen-bond donors (Lipinski definition) is 5. The molecular weight excluding hydrogens is 658 g/mol. The van der Waals surface area contributed by atoms with Crippen molar-refractivity contribution in [3.05, 3.63) is 34.3 Å². The van der Waals surface area contributed by atoms with Crippen LogP contribution in [-0.4, -0.2) is 68.8 Å². The molecule has 1 aromatic carbocycles. The van der Waals surface area contributed by atoms with Gasteiger partial charge in [-0.25, -0.2) is 4.79 Å². The van der Waals surface area contributed by atoms with Crippen molar-refractivity contribution in [2.45, 2.75) is 130 Å². The Bertz CT molecular complexity index is 1340. The van der Waals surface area contributed by atoms with Gasteiger partial charge in [0.15, 0.2) is 0 Å². The third-order valence-corrected chi connectivity index (χ3v) is 7.95. The molecule has 0 spiro atoms. The Balaban J connectivity index is 3.02. The maximum absolute atomic E-state index is 13.6. The summed E-state index contributed by atoms with van der Waals surface area (Å²) in [7, 11) is 0. The third kappa shape index (κ3) is 10.8. The van der Waals surface area contributed by atoms with Crippen LogP contribution in [0.2, 0.25) is 0 Å². The first-order valence-corrected chi connectivity index (χ1v) is 15.9. The number of amides is 5. The van der Waals surface area contributed by atoms with E-state index in [1.165, 1.54) is 55.4 Å². The van der Waals surface area contributed by atoms with Crippen LogP contribution in [0.15, 0.2) is 28.7 Å². The summed E-state index contributed by atoms with van der Waals surface area (Å²) >= 11 is 3.33. The molecule has 1 aromatic rings. The van der Waals surface area contributed by atoms with E-state index in [2.05, 4.69) is 42.5 Å². The van der Waals surface area contributed by atoms with E-state index in [1.54, 1.807) is 65.8 Å². The van der Waals surface area contributed by atoms with Gasteiger partial charge in [0.25, 0.3) is 5.91 Å². The fourth-order valence-electron chi connectivity index (χ4n) is 3.73. The molecule has 1 rings (SSSR count). The first-order chi connectivity index (χ1) is 20.5. The topological polar surface area (TPSA) is 172 Å². The van der Waals surface area contributed by atoms with Gasteiger partial charge >= 0.3 is 5.97 Å². The standard InChI is InChI=1S/C33H52BrN5O7/c1-19(2)33(14,35-22(40)20-15-17-21(34)18-16-20)26(44)39-31(10,11)24(42)37-29(6,7)23(41)36-30(8,9)25(43)38-32(12,13)27(45)46-28(3,4)5/h15-19H,1-14H3,(H,35,40)(H,36,41)(H,37,42)(H,38,43)(H,39,44)/t33-/m0/s1. The molecule has 13 heteroatoms. The number of ether oxygens (including phenoxy) is 1. The molecule has 0 aromatic heterocycles. The van der Waals surface area contributed by atoms with Gasteiger partial charge in [-0.15, -0.1) is 0 Å². The zero-order valence-corrected chi connectivity index (χ0v) is 31.2. The second-order valence-corrected chi connectivity index (χ2v) is 16.1. The van der Waals surface area contributed by atoms with Crippen LogP contribution in [0, 0.1) is 5.92 Å². The molecular formula is C33H52BrN5O7. The summed E-state index contributed by atoms with van der Waals surface area (Å²) in [6.07, 6.45) is 0. The van der Waals surface area contributed by atoms with Gasteiger partial charge < -0.3 is 31.3 Å². The fourth-order valence-corrected chi connectivity index (χ4v) is 4.00. The molecule has 5 N–H and O–H groups in total. The summed E-state index contributed by atoms with van der Waals surface area (Å²) in [6, 6.07) is 6.67. The lowest BCUT2D eigenvalue weighted by molar-refractivity contribution is -0.163. The number of esters is 1. The van der Waals surface area contributed by atoms with Gasteiger partial charge in [0.05, 0.1) is 0 Å². The molecule has 5 amide bonds. The van der Waals surface area contributed by atoms with Gasteiger partial charge in [0.2, 0.25) is 23.6 Å². The van der Waals surface area contributed by atoms with Crippen molar-refractivity contribution in [3.8, 4) is 0 Å². The largest absolute Gasteiger partial charge is 0.458 e. The Kier molecular flexibility index (Phi) is 12.4. The lowest BCUT2D eigenvalue weighted by Crippen LogP contribution is -2.69. The number of carbonyl (C=O) groups is 6. The number of rotatable bonds is 12. The monoisotopic (exact) mass is 709 g/mol. The lowest BCUT2D eigenvalue weighted by Gasteiger charge is -2.38. The molecule has 0 aliphatic carbocycles. The molecule has 12 nitrogen and oxygen atoms in total. The van der Waals surface area contributed by atoms with Crippen LogP contribution >= 0.6 is 15.9 Å². The number of hydrogen-bond acceptors (Lipinski definition) is 7. The highest BCUT2D eigenvalue weighted by molar-refractivity contribution is 9.10. The van der Waals surface area contributed by atoms with Crippen LogP contribution in [0.1, 0.15) is 107 Å². The summed E-state index contributed by atoms with van der Waals surface area (Å²) in [5.41, 5.74) is -7.73. The van der Waals surface area contributed by atoms with Crippen LogP contribution in [0.4, 0.5) is 0 Å². The highest BCUT2D eigenvalue weighted by Crippen LogP contribution is 2.21. The first kappa shape index (κ1) is 40.5. The summed E-state index contributed by atoms with van der Waals surface area (Å²) in [6.45, 7) is 22.0. The van der Waals surface area contributed by atoms with Crippen LogP contribution < -0.4 is 26.6 Å². The number of carbonyl (C=O) groups excluding carboxylic acids is 6. The Morgan fingerprint density at radius 1 is 0.565 bits per heavy atom. The van der Waals surface area contributed by atoms with E-state index in [-0.39, 0.29) is 5.92 Å². The molecule has 46 heavy (non-hydrogen) atoms. The highest BCUT2D eigenvalue weighted by Gasteiger charge is 2.45. The first-order valence-electron chi connectivity index (χ1n) is 15.1. The Hall–Kier alpha value is -3.48. The summed E-state index contributed by atoms with van der Waals surface area (Å²) in [4.78, 5) is 79.1. The summed E-state index contributed by atoms with van der Waals surface area (Å²) in [5.74, 6) is -4.08. The second-order valence-electron chi connectivity index (χ2n) is 15.1. The molecule has 1 atom stereocenters. The smallest absolute Gasteiger partial charge is 0.331 e. The Labute approximate surface area is 281 Å². The van der Waals surface area contributed by atoms with Gasteiger partial charge in [-0.3, -0.25) is 24.0 Å². The van der Waals surface area contributed by atoms with Gasteiger partial charge in [0, 0.05) is 10.0 Å². The van der Waals surface area contributed by atoms with E-state index in [1.807, 2.05) is 0 Å². The van der Waals surface area contributed by atoms with Gasteiger partial charge in [-0.05, 0) is 113 Å². The molecule has 0 aliphatic rings. The average molecular weight is 711 g/mol. The zero-order valence-electron chi connectivity index (χ0n) is 29.6. The van der Waals surface area contributed by atoms with Crippen molar-refractivity contribution >= 4 is 51.4 Å². The van der Waals surface area contributed by atoms with E-state index in [0.717, 1.165) is 4.47 Å². The van der Waals surface area contributed by atoms with E-state index in [0.29, 0.717) is 5.56 Å². The maximum Gasteiger partial charge on any atom is 0.331 e. The Morgan fingerprint density at radius 3 is 1.26 bits per heavy atom. The summed E-state index contributed by atoms with van der Waals surface area (Å²) in [5, 5.41) is 13.4. The molecule has 0 saturated carbocycles. The molecule has 258 valence electrons. The van der Waals surface area contributed by atoms with Gasteiger partial charge in [-0.1, -0.05) is 29.8 Å². The zero-order chi connectivity index (χ0) is 36.3. The highest BCUT2D eigenvalue weighted by atomic mass is 79.9. The van der Waals surface area contributed by atoms with Crippen LogP contribution in [0.3, 0.4) is 0 Å². The minimum Gasteiger partial charge on any atom is -0.458 e. The molecule has 0 bridgehead atoms. The molecule has 0 radical (unpaired) electrons. The van der Waals surface area contributed by atoms with Crippen molar-refractivity contribution < 1.29 is 33.5 Å². The molecule has 0 fully saturated rings. The van der Waals surface area contributed by atoms with E-state index in [4.69, 9.17) is 4.74 Å². The maximum atomic E-state index is 13.6. The van der Waals surface area contributed by atoms with Crippen molar-refractivity contribution in [1.29, 1.82) is 0 Å². The molecule has 0 unspecified atom stereocenters. The van der Waals surface area contributed by atoms with E-state index in [9.17, 15) is 28.8 Å².